The molecule has 0 fully saturated rings. The van der Waals surface area contributed by atoms with Crippen LogP contribution in [0.25, 0.3) is 0 Å². The molecule has 0 aromatic rings. The Morgan fingerprint density at radius 1 is 0.706 bits per heavy atom. The number of hydrogen-bond donors (Lipinski definition) is 4. The third-order valence-electron chi connectivity index (χ3n) is 0. The van der Waals surface area contributed by atoms with E-state index < -0.39 is 16.6 Å². The quantitative estimate of drug-likeness (QED) is 0.235. The van der Waals surface area contributed by atoms with Crippen molar-refractivity contribution in [2.75, 3.05) is 0 Å². The molecule has 0 saturated carbocycles. The molecule has 11 nitrogen and oxygen atoms in total. The second-order valence-electron chi connectivity index (χ2n) is 0.658. The Hall–Kier alpha value is 0.140. The Balaban J connectivity index is -0.00000000494. The maximum atomic E-state index is 8.52. The van der Waals surface area contributed by atoms with Gasteiger partial charge in [0.05, 0.1) is 0 Å². The summed E-state index contributed by atoms with van der Waals surface area (Å²) in [6.07, 6.45) is -2.33. The van der Waals surface area contributed by atoms with E-state index in [0.717, 1.165) is 0 Å². The Morgan fingerprint density at radius 2 is 0.706 bits per heavy atom. The minimum Gasteiger partial charge on any atom is -1.00 e. The minimum absolute atomic E-state index is 0. The highest BCUT2D eigenvalue weighted by molar-refractivity contribution is 7.79. The van der Waals surface area contributed by atoms with Gasteiger partial charge in [-0.25, -0.2) is 0 Å². The third kappa shape index (κ3) is 165000. The topological polar surface area (TPSA) is 289 Å². The van der Waals surface area contributed by atoms with Crippen LogP contribution in [0.5, 0.6) is 0 Å². The van der Waals surface area contributed by atoms with Gasteiger partial charge in [0, 0.05) is 10.4 Å². The molecule has 17 heavy (non-hydrogen) atoms. The van der Waals surface area contributed by atoms with Gasteiger partial charge < -0.3 is 98.3 Å². The van der Waals surface area contributed by atoms with Gasteiger partial charge in [0.15, 0.2) is 0 Å². The molecule has 0 saturated heterocycles. The molecule has 120 valence electrons. The lowest BCUT2D eigenvalue weighted by molar-refractivity contribution is -0.415. The molecule has 0 unspecified atom stereocenters. The minimum atomic E-state index is -5.17. The molecule has 0 radical (unpaired) electrons. The first-order chi connectivity index (χ1) is 3.73. The van der Waals surface area contributed by atoms with Crippen molar-refractivity contribution in [3.8, 4) is 0 Å². The fraction of sp³-hybridized carbons (Fsp3) is 0. The first-order valence-corrected chi connectivity index (χ1v) is 2.61. The molecule has 0 aromatic carbocycles. The Kier molecular flexibility index (Phi) is 228. The van der Waals surface area contributed by atoms with Gasteiger partial charge in [-0.2, -0.15) is 0 Å². The van der Waals surface area contributed by atoms with Crippen molar-refractivity contribution in [1.82, 2.24) is 24.6 Å². The number of carbonyl (C=O) groups is 1. The lowest BCUT2D eigenvalue weighted by atomic mass is 11.5. The third-order valence-corrected chi connectivity index (χ3v) is 0. The largest absolute Gasteiger partial charge is 1.00 e. The van der Waals surface area contributed by atoms with Crippen molar-refractivity contribution in [3.63, 3.8) is 0 Å². The summed E-state index contributed by atoms with van der Waals surface area (Å²) >= 11 is 0. The average molecular weight is 370 g/mol. The van der Waals surface area contributed by atoms with Gasteiger partial charge in [-0.1, -0.05) is 0 Å². The second-order valence-corrected chi connectivity index (χ2v) is 1.47. The number of rotatable bonds is 0. The monoisotopic (exact) mass is 368 g/mol. The van der Waals surface area contributed by atoms with Crippen LogP contribution in [0.4, 0.5) is 4.79 Å². The highest BCUT2D eigenvalue weighted by Crippen LogP contribution is 1.57. The average Bonchev–Trinajstić information content (AvgIpc) is 1.19. The molecule has 0 aliphatic heterocycles. The highest BCUT2D eigenvalue weighted by atomic mass is 35.5. The molecule has 0 amide bonds. The zero-order chi connectivity index (χ0) is 8.08. The van der Waals surface area contributed by atoms with Crippen LogP contribution >= 0.6 is 0 Å². The number of carboxylic acid groups (broad SMARTS) is 2. The van der Waals surface area contributed by atoms with E-state index in [4.69, 9.17) is 32.5 Å². The van der Waals surface area contributed by atoms with Crippen molar-refractivity contribution in [3.05, 3.63) is 0 Å². The molecule has 0 aliphatic rings. The maximum Gasteiger partial charge on any atom is 0.0311 e. The SMILES string of the molecule is O=C([O-])[O-].O=S(=O)([O-])[O-].[Cl-].[Cl-].[Cl-].[Cl-].[NH4+].[NH4+].[NH4+].[NH4+]. The zero-order valence-electron chi connectivity index (χ0n) is 9.28. The predicted molar refractivity (Wildman–Crippen MR) is 39.8 cm³/mol. The summed E-state index contributed by atoms with van der Waals surface area (Å²) in [5.41, 5.74) is 0. The van der Waals surface area contributed by atoms with Crippen LogP contribution in [-0.2, 0) is 10.4 Å². The molecule has 0 spiro atoms. The molecule has 0 aliphatic carbocycles. The maximum absolute atomic E-state index is 8.52. The van der Waals surface area contributed by atoms with E-state index in [1.54, 1.807) is 0 Å². The lowest BCUT2D eigenvalue weighted by Gasteiger charge is -2.06. The van der Waals surface area contributed by atoms with Gasteiger partial charge in [-0.15, -0.1) is 0 Å². The van der Waals surface area contributed by atoms with Gasteiger partial charge in [0.2, 0.25) is 0 Å². The summed E-state index contributed by atoms with van der Waals surface area (Å²) in [6, 6.07) is 0. The smallest absolute Gasteiger partial charge is 0.0311 e. The summed E-state index contributed by atoms with van der Waals surface area (Å²) in [7, 11) is -5.17. The molecule has 0 aromatic heterocycles. The molecule has 16 N–H and O–H groups in total. The van der Waals surface area contributed by atoms with Gasteiger partial charge in [0.1, 0.15) is 0 Å². The molecule has 0 heterocycles. The summed E-state index contributed by atoms with van der Waals surface area (Å²) in [4.78, 5) is 8.33. The van der Waals surface area contributed by atoms with Gasteiger partial charge in [-0.05, 0) is 6.16 Å². The van der Waals surface area contributed by atoms with Crippen molar-refractivity contribution in [2.24, 2.45) is 0 Å². The number of halogens is 4. The summed E-state index contributed by atoms with van der Waals surface area (Å²) in [5, 5.41) is 16.7. The standard InChI is InChI=1S/CH2O3.4ClH.4H3N.H2O4S/c2-1(3)4;;;;;;;;;1-5(2,3)4/h(H2,2,3,4);4*1H;4*1H3;(H2,1,2,3,4)/p-4. The zero-order valence-corrected chi connectivity index (χ0v) is 13.1. The lowest BCUT2D eigenvalue weighted by Crippen LogP contribution is -3.00. The Morgan fingerprint density at radius 3 is 0.706 bits per heavy atom. The molecular weight excluding hydrogens is 354 g/mol. The van der Waals surface area contributed by atoms with Crippen molar-refractivity contribution in [1.29, 1.82) is 0 Å². The molecule has 0 bridgehead atoms. The molecule has 0 rings (SSSR count). The van der Waals surface area contributed by atoms with Crippen molar-refractivity contribution in [2.45, 2.75) is 0 Å². The normalized spacial score (nSPS) is 4.82. The number of carbonyl (C=O) groups excluding carboxylic acids is 1. The van der Waals surface area contributed by atoms with Crippen LogP contribution in [0.2, 0.25) is 0 Å². The Labute approximate surface area is 123 Å². The summed E-state index contributed by atoms with van der Waals surface area (Å²) in [6.45, 7) is 0. The first kappa shape index (κ1) is 87.6. The van der Waals surface area contributed by atoms with E-state index in [1.807, 2.05) is 0 Å². The van der Waals surface area contributed by atoms with Crippen LogP contribution in [-0.4, -0.2) is 23.7 Å². The van der Waals surface area contributed by atoms with Gasteiger partial charge in [0.25, 0.3) is 0 Å². The van der Waals surface area contributed by atoms with Crippen LogP contribution < -0.4 is 84.4 Å². The van der Waals surface area contributed by atoms with Gasteiger partial charge in [-0.3, -0.25) is 8.42 Å². The van der Waals surface area contributed by atoms with Gasteiger partial charge >= 0.3 is 0 Å². The molecular formula is CH16Cl4N4O7S-4. The number of quaternary nitrogens is 4. The van der Waals surface area contributed by atoms with Crippen LogP contribution in [0, 0.1) is 0 Å². The summed E-state index contributed by atoms with van der Waals surface area (Å²) in [5.74, 6) is 0. The summed E-state index contributed by atoms with van der Waals surface area (Å²) < 4.78 is 34.1. The first-order valence-electron chi connectivity index (χ1n) is 1.28. The van der Waals surface area contributed by atoms with E-state index in [-0.39, 0.29) is 74.2 Å². The fourth-order valence-electron chi connectivity index (χ4n) is 0. The van der Waals surface area contributed by atoms with Crippen molar-refractivity contribution >= 4 is 16.6 Å². The van der Waals surface area contributed by atoms with Crippen molar-refractivity contribution < 1.29 is 82.2 Å². The van der Waals surface area contributed by atoms with Crippen LogP contribution in [0.1, 0.15) is 0 Å². The molecule has 16 heteroatoms. The van der Waals surface area contributed by atoms with Crippen LogP contribution in [0.15, 0.2) is 0 Å². The highest BCUT2D eigenvalue weighted by Gasteiger charge is 1.49. The second kappa shape index (κ2) is 44.3. The van der Waals surface area contributed by atoms with E-state index in [1.165, 1.54) is 0 Å². The Bertz CT molecular complexity index is 176. The van der Waals surface area contributed by atoms with E-state index in [9.17, 15) is 0 Å². The molecule has 0 atom stereocenters. The fourth-order valence-corrected chi connectivity index (χ4v) is 0. The number of hydrogen-bond acceptors (Lipinski definition) is 7. The van der Waals surface area contributed by atoms with E-state index >= 15 is 0 Å². The predicted octanol–water partition coefficient (Wildman–Crippen LogP) is -14.3. The van der Waals surface area contributed by atoms with Crippen LogP contribution in [0.3, 0.4) is 0 Å². The van der Waals surface area contributed by atoms with E-state index in [2.05, 4.69) is 0 Å². The van der Waals surface area contributed by atoms with E-state index in [0.29, 0.717) is 0 Å².